The number of methoxy groups -OCH3 is 1. The first-order valence-electron chi connectivity index (χ1n) is 9.85. The van der Waals surface area contributed by atoms with Gasteiger partial charge < -0.3 is 18.9 Å². The average molecular weight is 376 g/mol. The van der Waals surface area contributed by atoms with Gasteiger partial charge in [0.1, 0.15) is 6.79 Å². The van der Waals surface area contributed by atoms with Crippen LogP contribution in [0.5, 0.6) is 0 Å². The van der Waals surface area contributed by atoms with Crippen LogP contribution in [0.3, 0.4) is 0 Å². The molecule has 3 aliphatic rings. The third-order valence-electron chi connectivity index (χ3n) is 6.50. The van der Waals surface area contributed by atoms with Gasteiger partial charge in [0.05, 0.1) is 6.10 Å². The van der Waals surface area contributed by atoms with Crippen LogP contribution in [0.25, 0.3) is 0 Å². The summed E-state index contributed by atoms with van der Waals surface area (Å²) in [6, 6.07) is 0. The van der Waals surface area contributed by atoms with Gasteiger partial charge in [0.15, 0.2) is 11.4 Å². The van der Waals surface area contributed by atoms with E-state index in [0.717, 1.165) is 31.3 Å². The fraction of sp³-hybridized carbons (Fsp3) is 0.682. The van der Waals surface area contributed by atoms with Crippen molar-refractivity contribution >= 4 is 6.16 Å². The Morgan fingerprint density at radius 2 is 2.07 bits per heavy atom. The van der Waals surface area contributed by atoms with E-state index in [1.807, 2.05) is 13.0 Å². The monoisotopic (exact) mass is 376 g/mol. The lowest BCUT2D eigenvalue weighted by atomic mass is 9.61. The number of carbonyl (C=O) groups is 1. The van der Waals surface area contributed by atoms with Gasteiger partial charge in [-0.3, -0.25) is 0 Å². The molecule has 3 atom stereocenters. The SMILES string of the molecule is C/C=C/C(C)(C)[C@@]12C/C=C\C[C@@]3(C)/C(=C/1OC(=O)O2)CCC[C@@H]3OCOC. The highest BCUT2D eigenvalue weighted by Gasteiger charge is 2.59. The standard InChI is InChI=1S/C22H32O5/c1-6-12-20(2,3)22-14-8-7-13-21(4)16(18(22)26-19(23)27-22)10-9-11-17(21)25-15-24-5/h6-8,12,17H,9-11,13-15H2,1-5H3/b8-7-,12-6+,18-16-/t17-,21-,22+/m0/s1. The zero-order valence-electron chi connectivity index (χ0n) is 17.2. The van der Waals surface area contributed by atoms with E-state index >= 15 is 0 Å². The Hall–Kier alpha value is -1.59. The summed E-state index contributed by atoms with van der Waals surface area (Å²) in [5.41, 5.74) is -0.330. The van der Waals surface area contributed by atoms with Crippen LogP contribution in [0.4, 0.5) is 4.79 Å². The molecule has 0 bridgehead atoms. The van der Waals surface area contributed by atoms with E-state index in [0.29, 0.717) is 12.2 Å². The van der Waals surface area contributed by atoms with Gasteiger partial charge in [-0.15, -0.1) is 0 Å². The van der Waals surface area contributed by atoms with Crippen molar-refractivity contribution in [3.05, 3.63) is 35.6 Å². The molecule has 3 rings (SSSR count). The van der Waals surface area contributed by atoms with Crippen molar-refractivity contribution in [2.24, 2.45) is 10.8 Å². The number of rotatable bonds is 5. The minimum atomic E-state index is -0.826. The molecule has 5 heteroatoms. The Bertz CT molecular complexity index is 674. The second-order valence-corrected chi connectivity index (χ2v) is 8.56. The van der Waals surface area contributed by atoms with Gasteiger partial charge in [-0.1, -0.05) is 45.1 Å². The topological polar surface area (TPSA) is 54.0 Å². The number of fused-ring (bicyclic) bond motifs is 2. The first kappa shape index (κ1) is 20.2. The number of allylic oxidation sites excluding steroid dienone is 2. The molecule has 2 aliphatic carbocycles. The van der Waals surface area contributed by atoms with Gasteiger partial charge in [0, 0.05) is 24.4 Å². The fourth-order valence-electron chi connectivity index (χ4n) is 4.94. The second kappa shape index (κ2) is 7.44. The van der Waals surface area contributed by atoms with Gasteiger partial charge >= 0.3 is 6.16 Å². The molecular formula is C22H32O5. The largest absolute Gasteiger partial charge is 0.514 e. The fourth-order valence-corrected chi connectivity index (χ4v) is 4.94. The predicted octanol–water partition coefficient (Wildman–Crippen LogP) is 5.28. The minimum absolute atomic E-state index is 0.0123. The third kappa shape index (κ3) is 3.25. The predicted molar refractivity (Wildman–Crippen MR) is 103 cm³/mol. The highest BCUT2D eigenvalue weighted by atomic mass is 16.8. The number of hydrogen-bond acceptors (Lipinski definition) is 5. The zero-order chi connectivity index (χ0) is 19.7. The van der Waals surface area contributed by atoms with Gasteiger partial charge in [-0.05, 0) is 38.2 Å². The summed E-state index contributed by atoms with van der Waals surface area (Å²) in [5, 5.41) is 0. The molecule has 5 nitrogen and oxygen atoms in total. The Morgan fingerprint density at radius 1 is 1.33 bits per heavy atom. The van der Waals surface area contributed by atoms with E-state index < -0.39 is 17.2 Å². The highest BCUT2D eigenvalue weighted by Crippen LogP contribution is 2.56. The van der Waals surface area contributed by atoms with E-state index in [-0.39, 0.29) is 18.3 Å². The first-order chi connectivity index (χ1) is 12.8. The van der Waals surface area contributed by atoms with Gasteiger partial charge in [-0.2, -0.15) is 0 Å². The van der Waals surface area contributed by atoms with Crippen LogP contribution in [0.2, 0.25) is 0 Å². The van der Waals surface area contributed by atoms with E-state index in [4.69, 9.17) is 18.9 Å². The lowest BCUT2D eigenvalue weighted by molar-refractivity contribution is -0.117. The molecule has 1 saturated carbocycles. The molecule has 0 amide bonds. The summed E-state index contributed by atoms with van der Waals surface area (Å²) in [7, 11) is 1.64. The zero-order valence-corrected chi connectivity index (χ0v) is 17.2. The number of hydrogen-bond donors (Lipinski definition) is 0. The summed E-state index contributed by atoms with van der Waals surface area (Å²) in [6.45, 7) is 8.66. The molecule has 1 saturated heterocycles. The summed E-state index contributed by atoms with van der Waals surface area (Å²) < 4.78 is 22.9. The number of carbonyl (C=O) groups excluding carboxylic acids is 1. The summed E-state index contributed by atoms with van der Waals surface area (Å²) in [5.74, 6) is 0.702. The van der Waals surface area contributed by atoms with Crippen LogP contribution in [0.15, 0.2) is 35.6 Å². The Labute approximate surface area is 162 Å². The molecule has 0 spiro atoms. The molecule has 0 aromatic heterocycles. The molecular weight excluding hydrogens is 344 g/mol. The molecule has 2 fully saturated rings. The minimum Gasteiger partial charge on any atom is -0.418 e. The molecule has 1 aliphatic heterocycles. The van der Waals surface area contributed by atoms with Crippen molar-refractivity contribution in [1.29, 1.82) is 0 Å². The molecule has 1 heterocycles. The highest BCUT2D eigenvalue weighted by molar-refractivity contribution is 5.68. The van der Waals surface area contributed by atoms with Gasteiger partial charge in [0.25, 0.3) is 0 Å². The maximum absolute atomic E-state index is 12.3. The average Bonchev–Trinajstić information content (AvgIpc) is 2.94. The normalized spacial score (nSPS) is 37.8. The third-order valence-corrected chi connectivity index (χ3v) is 6.50. The van der Waals surface area contributed by atoms with Crippen molar-refractivity contribution < 1.29 is 23.7 Å². The Kier molecular flexibility index (Phi) is 5.55. The molecule has 0 unspecified atom stereocenters. The van der Waals surface area contributed by atoms with E-state index in [1.54, 1.807) is 7.11 Å². The first-order valence-corrected chi connectivity index (χ1v) is 9.85. The summed E-state index contributed by atoms with van der Waals surface area (Å²) in [4.78, 5) is 12.3. The molecule has 0 radical (unpaired) electrons. The van der Waals surface area contributed by atoms with E-state index in [2.05, 4.69) is 39.0 Å². The van der Waals surface area contributed by atoms with Gasteiger partial charge in [-0.25, -0.2) is 4.79 Å². The van der Waals surface area contributed by atoms with Gasteiger partial charge in [0.2, 0.25) is 0 Å². The smallest absolute Gasteiger partial charge is 0.418 e. The molecule has 0 aromatic rings. The maximum Gasteiger partial charge on any atom is 0.514 e. The van der Waals surface area contributed by atoms with Crippen molar-refractivity contribution in [1.82, 2.24) is 0 Å². The number of ether oxygens (including phenoxy) is 4. The molecule has 0 N–H and O–H groups in total. The van der Waals surface area contributed by atoms with E-state index in [9.17, 15) is 4.79 Å². The van der Waals surface area contributed by atoms with Crippen molar-refractivity contribution in [3.8, 4) is 0 Å². The lowest BCUT2D eigenvalue weighted by Crippen LogP contribution is -2.48. The van der Waals surface area contributed by atoms with Crippen molar-refractivity contribution in [2.45, 2.75) is 71.5 Å². The molecule has 150 valence electrons. The lowest BCUT2D eigenvalue weighted by Gasteiger charge is -2.47. The van der Waals surface area contributed by atoms with Crippen LogP contribution in [-0.4, -0.2) is 31.8 Å². The molecule has 27 heavy (non-hydrogen) atoms. The van der Waals surface area contributed by atoms with Crippen LogP contribution >= 0.6 is 0 Å². The second-order valence-electron chi connectivity index (χ2n) is 8.56. The van der Waals surface area contributed by atoms with E-state index in [1.165, 1.54) is 0 Å². The summed E-state index contributed by atoms with van der Waals surface area (Å²) in [6.07, 6.45) is 12.1. The van der Waals surface area contributed by atoms with Crippen LogP contribution in [-0.2, 0) is 18.9 Å². The Morgan fingerprint density at radius 3 is 2.78 bits per heavy atom. The Balaban J connectivity index is 2.17. The summed E-state index contributed by atoms with van der Waals surface area (Å²) >= 11 is 0. The quantitative estimate of drug-likeness (QED) is 0.371. The van der Waals surface area contributed by atoms with Crippen LogP contribution < -0.4 is 0 Å². The van der Waals surface area contributed by atoms with Crippen molar-refractivity contribution in [3.63, 3.8) is 0 Å². The maximum atomic E-state index is 12.3. The van der Waals surface area contributed by atoms with Crippen LogP contribution in [0.1, 0.15) is 59.8 Å². The molecule has 0 aromatic carbocycles. The van der Waals surface area contributed by atoms with Crippen LogP contribution in [0, 0.1) is 10.8 Å². The van der Waals surface area contributed by atoms with Crippen molar-refractivity contribution in [2.75, 3.05) is 13.9 Å².